The number of hydrogen-bond acceptors (Lipinski definition) is 3. The highest BCUT2D eigenvalue weighted by Gasteiger charge is 2.87. The Bertz CT molecular complexity index is 165. The third kappa shape index (κ3) is 0.224. The summed E-state index contributed by atoms with van der Waals surface area (Å²) in [5.74, 6) is 5.70. The van der Waals surface area contributed by atoms with E-state index in [0.717, 1.165) is 6.54 Å². The number of likely N-dealkylation sites (tertiary alicyclic amines) is 1. The lowest BCUT2D eigenvalue weighted by atomic mass is 9.89. The maximum Gasteiger partial charge on any atom is 0.0694 e. The highest BCUT2D eigenvalue weighted by atomic mass is 15.7. The van der Waals surface area contributed by atoms with E-state index in [1.807, 2.05) is 5.01 Å². The second-order valence-corrected chi connectivity index (χ2v) is 3.72. The summed E-state index contributed by atoms with van der Waals surface area (Å²) in [6.07, 6.45) is 1.33. The predicted octanol–water partition coefficient (Wildman–Crippen LogP) is -0.998. The van der Waals surface area contributed by atoms with Crippen LogP contribution in [0.5, 0.6) is 0 Å². The summed E-state index contributed by atoms with van der Waals surface area (Å²) in [6.45, 7) is 2.30. The van der Waals surface area contributed by atoms with Crippen molar-refractivity contribution in [2.45, 2.75) is 17.5 Å². The molecule has 9 heavy (non-hydrogen) atoms. The van der Waals surface area contributed by atoms with Crippen LogP contribution in [0.1, 0.15) is 6.42 Å². The average Bonchev–Trinajstić information content (AvgIpc) is 2.14. The van der Waals surface area contributed by atoms with E-state index in [2.05, 4.69) is 11.9 Å². The zero-order valence-electron chi connectivity index (χ0n) is 5.59. The Hall–Kier alpha value is -0.120. The van der Waals surface area contributed by atoms with Crippen molar-refractivity contribution in [3.63, 3.8) is 0 Å². The summed E-state index contributed by atoms with van der Waals surface area (Å²) in [7, 11) is 2.19. The van der Waals surface area contributed by atoms with Gasteiger partial charge in [-0.2, -0.15) is 0 Å². The molecule has 0 spiro atoms. The van der Waals surface area contributed by atoms with Crippen LogP contribution in [-0.4, -0.2) is 41.1 Å². The highest BCUT2D eigenvalue weighted by Crippen LogP contribution is 2.70. The lowest BCUT2D eigenvalue weighted by molar-refractivity contribution is -0.112. The fourth-order valence-corrected chi connectivity index (χ4v) is 2.71. The van der Waals surface area contributed by atoms with Crippen LogP contribution in [0.15, 0.2) is 0 Å². The van der Waals surface area contributed by atoms with Crippen LogP contribution in [0.4, 0.5) is 0 Å². The molecule has 3 fully saturated rings. The lowest BCUT2D eigenvalue weighted by Crippen LogP contribution is -2.79. The molecule has 0 unspecified atom stereocenters. The minimum atomic E-state index is 0.474. The van der Waals surface area contributed by atoms with Crippen LogP contribution >= 0.6 is 0 Å². The third-order valence-corrected chi connectivity index (χ3v) is 3.54. The van der Waals surface area contributed by atoms with Gasteiger partial charge >= 0.3 is 0 Å². The monoisotopic (exact) mass is 125 g/mol. The van der Waals surface area contributed by atoms with Gasteiger partial charge in [-0.15, -0.1) is 0 Å². The molecule has 2 N–H and O–H groups in total. The van der Waals surface area contributed by atoms with Gasteiger partial charge in [-0.25, -0.2) is 5.01 Å². The lowest BCUT2D eigenvalue weighted by Gasteiger charge is -2.58. The van der Waals surface area contributed by atoms with E-state index in [1.54, 1.807) is 0 Å². The Morgan fingerprint density at radius 3 is 2.22 bits per heavy atom. The maximum absolute atomic E-state index is 5.70. The summed E-state index contributed by atoms with van der Waals surface area (Å²) < 4.78 is 0. The standard InChI is InChI=1S/C6H11N3/c1-8-3-6-2-5(6,8)4-9(6)7/h2-4,7H2,1H3/t5-,6-/m1/s1. The van der Waals surface area contributed by atoms with E-state index in [-0.39, 0.29) is 0 Å². The average molecular weight is 125 g/mol. The molecular weight excluding hydrogens is 114 g/mol. The quantitative estimate of drug-likeness (QED) is 0.422. The first-order valence-corrected chi connectivity index (χ1v) is 3.45. The smallest absolute Gasteiger partial charge is 0.0694 e. The van der Waals surface area contributed by atoms with Gasteiger partial charge in [0.1, 0.15) is 0 Å². The summed E-state index contributed by atoms with van der Waals surface area (Å²) in [5.41, 5.74) is 1.05. The second kappa shape index (κ2) is 0.856. The third-order valence-electron chi connectivity index (χ3n) is 3.54. The van der Waals surface area contributed by atoms with E-state index < -0.39 is 0 Å². The van der Waals surface area contributed by atoms with Gasteiger partial charge in [0, 0.05) is 13.1 Å². The molecule has 50 valence electrons. The van der Waals surface area contributed by atoms with Crippen LogP contribution in [0.3, 0.4) is 0 Å². The molecular formula is C6H11N3. The fourth-order valence-electron chi connectivity index (χ4n) is 2.71. The Balaban J connectivity index is 1.99. The van der Waals surface area contributed by atoms with Gasteiger partial charge in [0.05, 0.1) is 11.1 Å². The Morgan fingerprint density at radius 2 is 2.11 bits per heavy atom. The van der Waals surface area contributed by atoms with Gasteiger partial charge in [-0.1, -0.05) is 0 Å². The van der Waals surface area contributed by atoms with Crippen molar-refractivity contribution >= 4 is 0 Å². The summed E-state index contributed by atoms with van der Waals surface area (Å²) in [6, 6.07) is 0. The normalized spacial score (nSPS) is 63.3. The first-order chi connectivity index (χ1) is 4.21. The van der Waals surface area contributed by atoms with Crippen LogP contribution in [-0.2, 0) is 0 Å². The fraction of sp³-hybridized carbons (Fsp3) is 1.00. The molecule has 2 atom stereocenters. The molecule has 0 radical (unpaired) electrons. The molecule has 0 aromatic heterocycles. The number of nitrogens with zero attached hydrogens (tertiary/aromatic N) is 2. The molecule has 3 nitrogen and oxygen atoms in total. The van der Waals surface area contributed by atoms with Crippen molar-refractivity contribution in [3.05, 3.63) is 0 Å². The molecule has 3 aliphatic rings. The minimum absolute atomic E-state index is 0.474. The molecule has 3 heteroatoms. The molecule has 0 bridgehead atoms. The van der Waals surface area contributed by atoms with Gasteiger partial charge < -0.3 is 0 Å². The molecule has 1 aliphatic carbocycles. The van der Waals surface area contributed by atoms with E-state index in [0.29, 0.717) is 11.1 Å². The van der Waals surface area contributed by atoms with Gasteiger partial charge in [-0.05, 0) is 13.5 Å². The first kappa shape index (κ1) is 4.66. The van der Waals surface area contributed by atoms with E-state index in [4.69, 9.17) is 5.84 Å². The molecule has 1 saturated carbocycles. The maximum atomic E-state index is 5.70. The number of nitrogens with two attached hydrogens (primary N) is 1. The van der Waals surface area contributed by atoms with Crippen molar-refractivity contribution in [3.8, 4) is 0 Å². The van der Waals surface area contributed by atoms with E-state index in [9.17, 15) is 0 Å². The van der Waals surface area contributed by atoms with Crippen molar-refractivity contribution in [2.75, 3.05) is 20.1 Å². The van der Waals surface area contributed by atoms with Gasteiger partial charge in [0.25, 0.3) is 0 Å². The Morgan fingerprint density at radius 1 is 1.33 bits per heavy atom. The van der Waals surface area contributed by atoms with Crippen molar-refractivity contribution < 1.29 is 0 Å². The topological polar surface area (TPSA) is 32.5 Å². The van der Waals surface area contributed by atoms with Crippen molar-refractivity contribution in [1.82, 2.24) is 9.91 Å². The van der Waals surface area contributed by atoms with E-state index >= 15 is 0 Å². The van der Waals surface area contributed by atoms with Crippen molar-refractivity contribution in [2.24, 2.45) is 5.84 Å². The number of rotatable bonds is 0. The number of hydrazine groups is 1. The second-order valence-electron chi connectivity index (χ2n) is 3.72. The first-order valence-electron chi connectivity index (χ1n) is 3.45. The summed E-state index contributed by atoms with van der Waals surface area (Å²) in [4.78, 5) is 2.43. The number of piperazine rings is 1. The van der Waals surface area contributed by atoms with E-state index in [1.165, 1.54) is 13.0 Å². The Kier molecular flexibility index (Phi) is 0.443. The molecule has 0 amide bonds. The number of likely N-dealkylation sites (N-methyl/N-ethyl adjacent to an activating group) is 1. The van der Waals surface area contributed by atoms with Crippen LogP contribution in [0, 0.1) is 0 Å². The summed E-state index contributed by atoms with van der Waals surface area (Å²) in [5, 5.41) is 2.01. The minimum Gasteiger partial charge on any atom is -0.295 e. The van der Waals surface area contributed by atoms with Crippen LogP contribution in [0.25, 0.3) is 0 Å². The predicted molar refractivity (Wildman–Crippen MR) is 33.6 cm³/mol. The molecule has 0 aromatic carbocycles. The summed E-state index contributed by atoms with van der Waals surface area (Å²) >= 11 is 0. The largest absolute Gasteiger partial charge is 0.295 e. The van der Waals surface area contributed by atoms with Crippen LogP contribution < -0.4 is 5.84 Å². The van der Waals surface area contributed by atoms with Gasteiger partial charge in [-0.3, -0.25) is 10.7 Å². The molecule has 2 heterocycles. The SMILES string of the molecule is CN1C[C@]23C[C@]12CN3N. The Labute approximate surface area is 54.4 Å². The molecule has 2 aliphatic heterocycles. The molecule has 0 aromatic rings. The van der Waals surface area contributed by atoms with Gasteiger partial charge in [0.2, 0.25) is 0 Å². The number of hydrogen-bond donors (Lipinski definition) is 1. The van der Waals surface area contributed by atoms with Gasteiger partial charge in [0.15, 0.2) is 0 Å². The molecule has 2 saturated heterocycles. The highest BCUT2D eigenvalue weighted by molar-refractivity contribution is 5.44. The van der Waals surface area contributed by atoms with Crippen molar-refractivity contribution in [1.29, 1.82) is 0 Å². The zero-order valence-corrected chi connectivity index (χ0v) is 5.59. The van der Waals surface area contributed by atoms with Crippen LogP contribution in [0.2, 0.25) is 0 Å². The zero-order chi connectivity index (χ0) is 6.28. The molecule has 3 rings (SSSR count).